The Kier molecular flexibility index (Phi) is 3.47. The van der Waals surface area contributed by atoms with E-state index in [1.165, 1.54) is 10.9 Å². The summed E-state index contributed by atoms with van der Waals surface area (Å²) in [5, 5.41) is 5.03. The van der Waals surface area contributed by atoms with Crippen LogP contribution in [0, 0.1) is 5.92 Å². The van der Waals surface area contributed by atoms with Crippen molar-refractivity contribution < 1.29 is 9.59 Å². The number of carbonyl (C=O) groups excluding carboxylic acids is 2. The van der Waals surface area contributed by atoms with Crippen molar-refractivity contribution >= 4 is 40.8 Å². The summed E-state index contributed by atoms with van der Waals surface area (Å²) in [6.07, 6.45) is 2.02. The maximum atomic E-state index is 12.0. The Labute approximate surface area is 131 Å². The highest BCUT2D eigenvalue weighted by Gasteiger charge is 2.47. The second kappa shape index (κ2) is 5.16. The molecule has 0 saturated carbocycles. The molecule has 1 saturated heterocycles. The van der Waals surface area contributed by atoms with E-state index in [0.717, 1.165) is 4.90 Å². The summed E-state index contributed by atoms with van der Waals surface area (Å²) in [5.41, 5.74) is 0.557. The zero-order valence-corrected chi connectivity index (χ0v) is 12.6. The van der Waals surface area contributed by atoms with Gasteiger partial charge in [-0.25, -0.2) is 9.58 Å². The highest BCUT2D eigenvalue weighted by molar-refractivity contribution is 6.36. The van der Waals surface area contributed by atoms with Crippen LogP contribution in [0.25, 0.3) is 5.69 Å². The van der Waals surface area contributed by atoms with Gasteiger partial charge in [0.15, 0.2) is 0 Å². The summed E-state index contributed by atoms with van der Waals surface area (Å²) in [7, 11) is 0. The fraction of sp³-hybridized carbons (Fsp3) is 0.214. The summed E-state index contributed by atoms with van der Waals surface area (Å²) >= 11 is 12.0. The number of anilines is 1. The molecular formula is C14H11Cl2N3O2. The van der Waals surface area contributed by atoms with E-state index in [9.17, 15) is 9.59 Å². The van der Waals surface area contributed by atoms with Crippen molar-refractivity contribution in [2.75, 3.05) is 4.90 Å². The molecule has 2 heterocycles. The first-order valence-electron chi connectivity index (χ1n) is 6.42. The normalized spacial score (nSPS) is 15.5. The SMILES string of the molecule is CCC1C(=O)N(c2ccnn2-c2ccc(Cl)cc2Cl)C1=O. The highest BCUT2D eigenvalue weighted by atomic mass is 35.5. The molecule has 1 aliphatic heterocycles. The van der Waals surface area contributed by atoms with E-state index < -0.39 is 5.92 Å². The van der Waals surface area contributed by atoms with E-state index in [-0.39, 0.29) is 11.8 Å². The van der Waals surface area contributed by atoms with Crippen LogP contribution in [0.15, 0.2) is 30.5 Å². The number of rotatable bonds is 3. The van der Waals surface area contributed by atoms with Crippen LogP contribution >= 0.6 is 23.2 Å². The second-order valence-corrected chi connectivity index (χ2v) is 5.51. The van der Waals surface area contributed by atoms with Crippen molar-refractivity contribution in [3.05, 3.63) is 40.5 Å². The summed E-state index contributed by atoms with van der Waals surface area (Å²) in [6, 6.07) is 6.54. The molecule has 5 nitrogen and oxygen atoms in total. The van der Waals surface area contributed by atoms with Crippen LogP contribution in [0.2, 0.25) is 10.0 Å². The molecule has 0 unspecified atom stereocenters. The summed E-state index contributed by atoms with van der Waals surface area (Å²) in [6.45, 7) is 1.81. The molecule has 0 aliphatic carbocycles. The lowest BCUT2D eigenvalue weighted by molar-refractivity contribution is -0.143. The maximum Gasteiger partial charge on any atom is 0.247 e. The highest BCUT2D eigenvalue weighted by Crippen LogP contribution is 2.33. The molecule has 1 aliphatic rings. The Morgan fingerprint density at radius 1 is 1.19 bits per heavy atom. The van der Waals surface area contributed by atoms with Crippen LogP contribution in [0.1, 0.15) is 13.3 Å². The molecule has 0 bridgehead atoms. The van der Waals surface area contributed by atoms with Crippen molar-refractivity contribution in [1.29, 1.82) is 0 Å². The predicted octanol–water partition coefficient (Wildman–Crippen LogP) is 3.08. The molecule has 0 radical (unpaired) electrons. The van der Waals surface area contributed by atoms with Crippen molar-refractivity contribution in [3.8, 4) is 5.69 Å². The van der Waals surface area contributed by atoms with Crippen LogP contribution in [0.5, 0.6) is 0 Å². The molecule has 2 aromatic rings. The minimum atomic E-state index is -0.547. The molecular weight excluding hydrogens is 313 g/mol. The fourth-order valence-corrected chi connectivity index (χ4v) is 2.83. The van der Waals surface area contributed by atoms with E-state index in [0.29, 0.717) is 28.0 Å². The number of imide groups is 1. The van der Waals surface area contributed by atoms with Gasteiger partial charge < -0.3 is 0 Å². The number of amides is 2. The molecule has 1 fully saturated rings. The van der Waals surface area contributed by atoms with Gasteiger partial charge in [0, 0.05) is 11.1 Å². The van der Waals surface area contributed by atoms with Crippen LogP contribution in [0.4, 0.5) is 5.82 Å². The topological polar surface area (TPSA) is 55.2 Å². The number of benzene rings is 1. The van der Waals surface area contributed by atoms with E-state index in [4.69, 9.17) is 23.2 Å². The molecule has 0 spiro atoms. The van der Waals surface area contributed by atoms with Gasteiger partial charge in [-0.15, -0.1) is 0 Å². The van der Waals surface area contributed by atoms with Crippen molar-refractivity contribution in [2.24, 2.45) is 5.92 Å². The maximum absolute atomic E-state index is 12.0. The second-order valence-electron chi connectivity index (χ2n) is 4.67. The first-order valence-corrected chi connectivity index (χ1v) is 7.17. The van der Waals surface area contributed by atoms with E-state index in [2.05, 4.69) is 5.10 Å². The molecule has 0 atom stereocenters. The average Bonchev–Trinajstić information content (AvgIpc) is 2.88. The monoisotopic (exact) mass is 323 g/mol. The molecule has 2 amide bonds. The van der Waals surface area contributed by atoms with Gasteiger partial charge >= 0.3 is 0 Å². The smallest absolute Gasteiger partial charge is 0.247 e. The average molecular weight is 324 g/mol. The number of carbonyl (C=O) groups is 2. The van der Waals surface area contributed by atoms with Crippen LogP contribution < -0.4 is 4.90 Å². The summed E-state index contributed by atoms with van der Waals surface area (Å²) in [4.78, 5) is 25.2. The van der Waals surface area contributed by atoms with Gasteiger partial charge in [0.2, 0.25) is 11.8 Å². The van der Waals surface area contributed by atoms with Gasteiger partial charge in [0.05, 0.1) is 16.9 Å². The quantitative estimate of drug-likeness (QED) is 0.644. The zero-order valence-electron chi connectivity index (χ0n) is 11.1. The number of hydrogen-bond donors (Lipinski definition) is 0. The number of aromatic nitrogens is 2. The van der Waals surface area contributed by atoms with Gasteiger partial charge in [-0.1, -0.05) is 30.1 Å². The number of β-lactam (4-membered cyclic amide) rings is 2. The lowest BCUT2D eigenvalue weighted by Gasteiger charge is -2.35. The van der Waals surface area contributed by atoms with E-state index >= 15 is 0 Å². The van der Waals surface area contributed by atoms with Gasteiger partial charge in [0.25, 0.3) is 0 Å². The molecule has 1 aromatic carbocycles. The van der Waals surface area contributed by atoms with Gasteiger partial charge in [-0.3, -0.25) is 9.59 Å². The van der Waals surface area contributed by atoms with Crippen molar-refractivity contribution in [3.63, 3.8) is 0 Å². The van der Waals surface area contributed by atoms with Crippen molar-refractivity contribution in [2.45, 2.75) is 13.3 Å². The molecule has 108 valence electrons. The fourth-order valence-electron chi connectivity index (χ4n) is 2.34. The third kappa shape index (κ3) is 2.13. The first-order chi connectivity index (χ1) is 10.0. The summed E-state index contributed by atoms with van der Waals surface area (Å²) in [5.74, 6) is -0.586. The van der Waals surface area contributed by atoms with Crippen LogP contribution in [0.3, 0.4) is 0 Å². The molecule has 0 N–H and O–H groups in total. The third-order valence-electron chi connectivity index (χ3n) is 3.43. The third-order valence-corrected chi connectivity index (χ3v) is 3.97. The van der Waals surface area contributed by atoms with Gasteiger partial charge in [0.1, 0.15) is 11.7 Å². The minimum Gasteiger partial charge on any atom is -0.273 e. The number of hydrogen-bond acceptors (Lipinski definition) is 3. The largest absolute Gasteiger partial charge is 0.273 e. The van der Waals surface area contributed by atoms with E-state index in [1.54, 1.807) is 24.3 Å². The van der Waals surface area contributed by atoms with Crippen LogP contribution in [-0.4, -0.2) is 21.6 Å². The number of halogens is 2. The number of nitrogens with zero attached hydrogens (tertiary/aromatic N) is 3. The van der Waals surface area contributed by atoms with Gasteiger partial charge in [-0.05, 0) is 24.6 Å². The molecule has 1 aromatic heterocycles. The minimum absolute atomic E-state index is 0.214. The Balaban J connectivity index is 2.03. The van der Waals surface area contributed by atoms with Crippen LogP contribution in [-0.2, 0) is 9.59 Å². The predicted molar refractivity (Wildman–Crippen MR) is 79.9 cm³/mol. The lowest BCUT2D eigenvalue weighted by atomic mass is 9.95. The lowest BCUT2D eigenvalue weighted by Crippen LogP contribution is -2.58. The van der Waals surface area contributed by atoms with Crippen molar-refractivity contribution in [1.82, 2.24) is 9.78 Å². The zero-order chi connectivity index (χ0) is 15.1. The Hall–Kier alpha value is -1.85. The summed E-state index contributed by atoms with van der Waals surface area (Å²) < 4.78 is 1.46. The molecule has 7 heteroatoms. The Morgan fingerprint density at radius 2 is 1.90 bits per heavy atom. The Morgan fingerprint density at radius 3 is 2.52 bits per heavy atom. The molecule has 21 heavy (non-hydrogen) atoms. The van der Waals surface area contributed by atoms with Gasteiger partial charge in [-0.2, -0.15) is 5.10 Å². The van der Waals surface area contributed by atoms with E-state index in [1.807, 2.05) is 6.92 Å². The first kappa shape index (κ1) is 14.1. The molecule has 3 rings (SSSR count). The Bertz CT molecular complexity index is 726. The standard InChI is InChI=1S/C14H11Cl2N3O2/c1-2-9-13(20)18(14(9)21)12-5-6-17-19(12)11-4-3-8(15)7-10(11)16/h3-7,9H,2H2,1H3.